The Morgan fingerprint density at radius 1 is 1.23 bits per heavy atom. The van der Waals surface area contributed by atoms with E-state index in [0.29, 0.717) is 5.92 Å². The summed E-state index contributed by atoms with van der Waals surface area (Å²) in [5.41, 5.74) is -0.449. The number of nitrogens with one attached hydrogen (secondary N) is 1. The molecule has 0 aromatic carbocycles. The minimum atomic E-state index is -0.449. The van der Waals surface area contributed by atoms with Gasteiger partial charge in [-0.25, -0.2) is 4.79 Å². The number of guanidine groups is 1. The average molecular weight is 550 g/mol. The standard InChI is InChI=1S/C21H35N5O2S.HI/c1-21(2,3)28-20(27)26-9-5-7-17(16-26)15-23-19(22-4)25-12-10-24(11-13-25)18-8-6-14-29-18;/h6,8,14,17H,5,7,9-13,15-16H2,1-4H3,(H,22,23);1H. The van der Waals surface area contributed by atoms with E-state index >= 15 is 0 Å². The first-order valence-corrected chi connectivity index (χ1v) is 11.5. The summed E-state index contributed by atoms with van der Waals surface area (Å²) >= 11 is 1.80. The molecule has 30 heavy (non-hydrogen) atoms. The molecular formula is C21H36IN5O2S. The summed E-state index contributed by atoms with van der Waals surface area (Å²) in [5, 5.41) is 7.02. The Kier molecular flexibility index (Phi) is 9.52. The lowest BCUT2D eigenvalue weighted by Crippen LogP contribution is -2.53. The van der Waals surface area contributed by atoms with Gasteiger partial charge in [0.05, 0.1) is 5.00 Å². The molecule has 1 unspecified atom stereocenters. The lowest BCUT2D eigenvalue weighted by atomic mass is 9.98. The molecule has 1 aromatic rings. The topological polar surface area (TPSA) is 60.4 Å². The number of likely N-dealkylation sites (tertiary alicyclic amines) is 1. The molecule has 170 valence electrons. The number of carbonyl (C=O) groups excluding carboxylic acids is 1. The van der Waals surface area contributed by atoms with Gasteiger partial charge >= 0.3 is 6.09 Å². The Hall–Kier alpha value is -1.23. The van der Waals surface area contributed by atoms with Crippen LogP contribution in [0.1, 0.15) is 33.6 Å². The monoisotopic (exact) mass is 549 g/mol. The SMILES string of the molecule is CN=C(NCC1CCCN(C(=O)OC(C)(C)C)C1)N1CCN(c2cccs2)CC1.I. The maximum Gasteiger partial charge on any atom is 0.410 e. The van der Waals surface area contributed by atoms with Gasteiger partial charge in [0.1, 0.15) is 5.60 Å². The van der Waals surface area contributed by atoms with Gasteiger partial charge in [-0.15, -0.1) is 35.3 Å². The predicted molar refractivity (Wildman–Crippen MR) is 135 cm³/mol. The van der Waals surface area contributed by atoms with Gasteiger partial charge in [-0.2, -0.15) is 0 Å². The third kappa shape index (κ3) is 7.18. The number of halogens is 1. The summed E-state index contributed by atoms with van der Waals surface area (Å²) in [4.78, 5) is 23.5. The first kappa shape index (κ1) is 25.0. The molecule has 7 nitrogen and oxygen atoms in total. The molecule has 1 N–H and O–H groups in total. The van der Waals surface area contributed by atoms with Crippen LogP contribution in [0, 0.1) is 5.92 Å². The number of ether oxygens (including phenoxy) is 1. The summed E-state index contributed by atoms with van der Waals surface area (Å²) in [6, 6.07) is 4.30. The van der Waals surface area contributed by atoms with Crippen molar-refractivity contribution in [3.63, 3.8) is 0 Å². The normalized spacial score (nSPS) is 20.6. The Bertz CT molecular complexity index is 684. The molecule has 0 radical (unpaired) electrons. The number of carbonyl (C=O) groups is 1. The van der Waals surface area contributed by atoms with Crippen molar-refractivity contribution >= 4 is 52.4 Å². The van der Waals surface area contributed by atoms with E-state index < -0.39 is 5.60 Å². The zero-order chi connectivity index (χ0) is 20.9. The first-order chi connectivity index (χ1) is 13.9. The second-order valence-electron chi connectivity index (χ2n) is 8.79. The third-order valence-corrected chi connectivity index (χ3v) is 6.26. The Morgan fingerprint density at radius 3 is 2.57 bits per heavy atom. The molecule has 1 atom stereocenters. The van der Waals surface area contributed by atoms with Gasteiger partial charge in [-0.05, 0) is 57.0 Å². The first-order valence-electron chi connectivity index (χ1n) is 10.6. The van der Waals surface area contributed by atoms with Gasteiger partial charge in [0.25, 0.3) is 0 Å². The van der Waals surface area contributed by atoms with Crippen molar-refractivity contribution in [1.29, 1.82) is 0 Å². The van der Waals surface area contributed by atoms with E-state index in [1.807, 2.05) is 32.7 Å². The van der Waals surface area contributed by atoms with Crippen molar-refractivity contribution < 1.29 is 9.53 Å². The van der Waals surface area contributed by atoms with Gasteiger partial charge in [-0.3, -0.25) is 4.99 Å². The highest BCUT2D eigenvalue weighted by Crippen LogP contribution is 2.22. The van der Waals surface area contributed by atoms with Crippen LogP contribution in [0.3, 0.4) is 0 Å². The molecule has 0 saturated carbocycles. The van der Waals surface area contributed by atoms with Crippen LogP contribution in [-0.2, 0) is 4.74 Å². The lowest BCUT2D eigenvalue weighted by Gasteiger charge is -2.38. The molecule has 1 amide bonds. The van der Waals surface area contributed by atoms with Gasteiger partial charge in [0, 0.05) is 52.9 Å². The fourth-order valence-corrected chi connectivity index (χ4v) is 4.67. The van der Waals surface area contributed by atoms with Crippen molar-refractivity contribution in [2.45, 2.75) is 39.2 Å². The van der Waals surface area contributed by atoms with E-state index in [0.717, 1.165) is 64.6 Å². The third-order valence-electron chi connectivity index (χ3n) is 5.33. The number of rotatable bonds is 3. The number of piperidine rings is 1. The molecule has 3 rings (SSSR count). The molecule has 3 heterocycles. The van der Waals surface area contributed by atoms with Gasteiger partial charge in [0.15, 0.2) is 5.96 Å². The molecule has 0 spiro atoms. The van der Waals surface area contributed by atoms with E-state index in [1.165, 1.54) is 5.00 Å². The fourth-order valence-electron chi connectivity index (χ4n) is 3.88. The summed E-state index contributed by atoms with van der Waals surface area (Å²) in [6.45, 7) is 12.0. The van der Waals surface area contributed by atoms with Crippen molar-refractivity contribution in [1.82, 2.24) is 15.1 Å². The van der Waals surface area contributed by atoms with E-state index in [4.69, 9.17) is 4.74 Å². The lowest BCUT2D eigenvalue weighted by molar-refractivity contribution is 0.0168. The highest BCUT2D eigenvalue weighted by Gasteiger charge is 2.28. The fraction of sp³-hybridized carbons (Fsp3) is 0.714. The van der Waals surface area contributed by atoms with Crippen LogP contribution in [0.25, 0.3) is 0 Å². The molecule has 2 saturated heterocycles. The van der Waals surface area contributed by atoms with Crippen LogP contribution in [0.2, 0.25) is 0 Å². The van der Waals surface area contributed by atoms with E-state index in [2.05, 4.69) is 37.6 Å². The number of piperazine rings is 1. The zero-order valence-corrected chi connectivity index (χ0v) is 21.7. The van der Waals surface area contributed by atoms with Crippen molar-refractivity contribution in [3.8, 4) is 0 Å². The molecule has 0 bridgehead atoms. The summed E-state index contributed by atoms with van der Waals surface area (Å²) in [7, 11) is 1.85. The average Bonchev–Trinajstić information content (AvgIpc) is 3.23. The molecular weight excluding hydrogens is 513 g/mol. The maximum absolute atomic E-state index is 12.4. The number of anilines is 1. The largest absolute Gasteiger partial charge is 0.444 e. The number of thiophene rings is 1. The highest BCUT2D eigenvalue weighted by molar-refractivity contribution is 14.0. The van der Waals surface area contributed by atoms with Crippen LogP contribution in [0.4, 0.5) is 9.80 Å². The van der Waals surface area contributed by atoms with Crippen LogP contribution in [0.15, 0.2) is 22.5 Å². The summed E-state index contributed by atoms with van der Waals surface area (Å²) < 4.78 is 5.54. The second kappa shape index (κ2) is 11.4. The van der Waals surface area contributed by atoms with Crippen LogP contribution in [0.5, 0.6) is 0 Å². The number of hydrogen-bond acceptors (Lipinski definition) is 5. The van der Waals surface area contributed by atoms with Crippen molar-refractivity contribution in [2.75, 3.05) is 57.8 Å². The van der Waals surface area contributed by atoms with Crippen LogP contribution in [-0.4, -0.2) is 80.3 Å². The quantitative estimate of drug-likeness (QED) is 0.354. The van der Waals surface area contributed by atoms with Crippen molar-refractivity contribution in [2.24, 2.45) is 10.9 Å². The van der Waals surface area contributed by atoms with E-state index in [1.54, 1.807) is 11.3 Å². The molecule has 2 aliphatic rings. The van der Waals surface area contributed by atoms with E-state index in [9.17, 15) is 4.79 Å². The smallest absolute Gasteiger partial charge is 0.410 e. The van der Waals surface area contributed by atoms with Crippen LogP contribution < -0.4 is 10.2 Å². The van der Waals surface area contributed by atoms with Gasteiger partial charge in [-0.1, -0.05) is 0 Å². The number of nitrogens with zero attached hydrogens (tertiary/aromatic N) is 4. The molecule has 0 aliphatic carbocycles. The Balaban J connectivity index is 0.00000320. The maximum atomic E-state index is 12.4. The van der Waals surface area contributed by atoms with Crippen LogP contribution >= 0.6 is 35.3 Å². The minimum absolute atomic E-state index is 0. The summed E-state index contributed by atoms with van der Waals surface area (Å²) in [6.07, 6.45) is 1.94. The second-order valence-corrected chi connectivity index (χ2v) is 9.71. The van der Waals surface area contributed by atoms with Crippen molar-refractivity contribution in [3.05, 3.63) is 17.5 Å². The highest BCUT2D eigenvalue weighted by atomic mass is 127. The molecule has 1 aromatic heterocycles. The Morgan fingerprint density at radius 2 is 1.97 bits per heavy atom. The van der Waals surface area contributed by atoms with E-state index in [-0.39, 0.29) is 30.1 Å². The molecule has 2 aliphatic heterocycles. The number of aliphatic imine (C=N–C) groups is 1. The number of hydrogen-bond donors (Lipinski definition) is 1. The zero-order valence-electron chi connectivity index (χ0n) is 18.6. The Labute approximate surface area is 201 Å². The minimum Gasteiger partial charge on any atom is -0.444 e. The number of amides is 1. The molecule has 9 heteroatoms. The predicted octanol–water partition coefficient (Wildman–Crippen LogP) is 3.71. The summed E-state index contributed by atoms with van der Waals surface area (Å²) in [5.74, 6) is 1.38. The van der Waals surface area contributed by atoms with Gasteiger partial charge in [0.2, 0.25) is 0 Å². The van der Waals surface area contributed by atoms with Gasteiger partial charge < -0.3 is 24.8 Å². The molecule has 2 fully saturated rings.